The molecule has 0 aliphatic heterocycles. The molecule has 1 aromatic rings. The van der Waals surface area contributed by atoms with E-state index in [1.54, 1.807) is 0 Å². The van der Waals surface area contributed by atoms with Crippen molar-refractivity contribution in [3.63, 3.8) is 0 Å². The molecule has 84 valence electrons. The summed E-state index contributed by atoms with van der Waals surface area (Å²) in [5.41, 5.74) is 2.29. The molecule has 0 radical (unpaired) electrons. The maximum atomic E-state index is 10.5. The number of anilines is 1. The minimum Gasteiger partial charge on any atom is -0.545 e. The Balaban J connectivity index is 3.55. The van der Waals surface area contributed by atoms with Crippen LogP contribution < -0.4 is 15.9 Å². The van der Waals surface area contributed by atoms with Crippen molar-refractivity contribution in [2.24, 2.45) is 0 Å². The van der Waals surface area contributed by atoms with Gasteiger partial charge in [-0.3, -0.25) is 10.1 Å². The number of hydrogen-bond acceptors (Lipinski definition) is 8. The number of pyridine rings is 1. The molecular weight excluding hydrogens is 222 g/mol. The highest BCUT2D eigenvalue weighted by Gasteiger charge is 2.18. The zero-order valence-corrected chi connectivity index (χ0v) is 7.50. The van der Waals surface area contributed by atoms with Gasteiger partial charge in [0.2, 0.25) is 5.82 Å². The lowest BCUT2D eigenvalue weighted by molar-refractivity contribution is -0.384. The van der Waals surface area contributed by atoms with Crippen LogP contribution >= 0.6 is 0 Å². The zero-order chi connectivity index (χ0) is 12.5. The van der Waals surface area contributed by atoms with Crippen LogP contribution in [-0.2, 0) is 0 Å². The number of hydrogen-bond donors (Lipinski definition) is 1. The first-order chi connectivity index (χ1) is 7.34. The number of nitrogens with two attached hydrogens (primary N) is 1. The quantitative estimate of drug-likeness (QED) is 0.428. The second-order valence-electron chi connectivity index (χ2n) is 2.62. The number of carbonyl (C=O) groups excluding carboxylic acids is 2. The summed E-state index contributed by atoms with van der Waals surface area (Å²) in [6, 6.07) is 0.461. The second-order valence-corrected chi connectivity index (χ2v) is 2.62. The van der Waals surface area contributed by atoms with Gasteiger partial charge < -0.3 is 25.5 Å². The van der Waals surface area contributed by atoms with Gasteiger partial charge in [0.15, 0.2) is 0 Å². The van der Waals surface area contributed by atoms with Crippen LogP contribution in [0.5, 0.6) is 0 Å². The molecule has 2 N–H and O–H groups in total. The maximum Gasteiger partial charge on any atom is 0.311 e. The molecule has 9 heteroatoms. The van der Waals surface area contributed by atoms with Crippen LogP contribution in [0.15, 0.2) is 6.07 Å². The fourth-order valence-electron chi connectivity index (χ4n) is 0.974. The molecule has 0 aromatic carbocycles. The molecule has 9 nitrogen and oxygen atoms in total. The second kappa shape index (κ2) is 3.81. The number of carboxylic acid groups (broad SMARTS) is 2. The minimum absolute atomic E-state index is 0.461. The maximum absolute atomic E-state index is 10.5. The average Bonchev–Trinajstić information content (AvgIpc) is 2.15. The Labute approximate surface area is 87.3 Å². The Hall–Kier alpha value is -2.71. The van der Waals surface area contributed by atoms with Crippen molar-refractivity contribution in [3.8, 4) is 0 Å². The van der Waals surface area contributed by atoms with E-state index in [9.17, 15) is 29.9 Å². The Morgan fingerprint density at radius 2 is 1.88 bits per heavy atom. The van der Waals surface area contributed by atoms with Gasteiger partial charge in [0.05, 0.1) is 22.6 Å². The molecule has 0 amide bonds. The fourth-order valence-corrected chi connectivity index (χ4v) is 0.974. The van der Waals surface area contributed by atoms with Crippen LogP contribution in [0.1, 0.15) is 20.8 Å². The van der Waals surface area contributed by atoms with Crippen LogP contribution in [0.2, 0.25) is 0 Å². The van der Waals surface area contributed by atoms with Crippen LogP contribution in [0.25, 0.3) is 0 Å². The highest BCUT2D eigenvalue weighted by Crippen LogP contribution is 2.21. The molecule has 1 rings (SSSR count). The van der Waals surface area contributed by atoms with Gasteiger partial charge in [-0.15, -0.1) is 0 Å². The Bertz CT molecular complexity index is 497. The summed E-state index contributed by atoms with van der Waals surface area (Å²) in [6.07, 6.45) is 0. The minimum atomic E-state index is -1.92. The Kier molecular flexibility index (Phi) is 2.70. The normalized spacial score (nSPS) is 9.75. The van der Waals surface area contributed by atoms with E-state index < -0.39 is 39.6 Å². The van der Waals surface area contributed by atoms with Gasteiger partial charge >= 0.3 is 5.69 Å². The summed E-state index contributed by atoms with van der Waals surface area (Å²) in [4.78, 5) is 33.4. The van der Waals surface area contributed by atoms with E-state index in [1.807, 2.05) is 0 Å². The first-order valence-corrected chi connectivity index (χ1v) is 3.72. The molecule has 0 aliphatic rings. The molecule has 1 aromatic heterocycles. The number of carboxylic acids is 2. The summed E-state index contributed by atoms with van der Waals surface area (Å²) in [7, 11) is 0. The fraction of sp³-hybridized carbons (Fsp3) is 0. The number of rotatable bonds is 3. The van der Waals surface area contributed by atoms with E-state index >= 15 is 0 Å². The highest BCUT2D eigenvalue weighted by atomic mass is 16.6. The predicted molar refractivity (Wildman–Crippen MR) is 44.0 cm³/mol. The van der Waals surface area contributed by atoms with Crippen LogP contribution in [0, 0.1) is 10.1 Å². The number of nitrogens with zero attached hydrogens (tertiary/aromatic N) is 2. The molecule has 0 spiro atoms. The zero-order valence-electron chi connectivity index (χ0n) is 7.50. The summed E-state index contributed by atoms with van der Waals surface area (Å²) >= 11 is 0. The molecule has 0 atom stereocenters. The van der Waals surface area contributed by atoms with Crippen molar-refractivity contribution < 1.29 is 24.7 Å². The van der Waals surface area contributed by atoms with E-state index in [1.165, 1.54) is 0 Å². The van der Waals surface area contributed by atoms with Gasteiger partial charge in [-0.25, -0.2) is 4.98 Å². The van der Waals surface area contributed by atoms with Crippen molar-refractivity contribution in [1.82, 2.24) is 4.98 Å². The molecule has 1 heterocycles. The van der Waals surface area contributed by atoms with E-state index in [2.05, 4.69) is 4.98 Å². The van der Waals surface area contributed by atoms with Crippen LogP contribution in [0.4, 0.5) is 11.5 Å². The third kappa shape index (κ3) is 1.87. The SMILES string of the molecule is Nc1nc(C(=O)[O-])c(C(=O)[O-])cc1[N+](=O)[O-]. The monoisotopic (exact) mass is 225 g/mol. The predicted octanol–water partition coefficient (Wildman–Crippen LogP) is -2.70. The van der Waals surface area contributed by atoms with E-state index in [0.29, 0.717) is 6.07 Å². The smallest absolute Gasteiger partial charge is 0.311 e. The van der Waals surface area contributed by atoms with Gasteiger partial charge in [-0.05, 0) is 0 Å². The molecule has 0 unspecified atom stereocenters. The molecule has 0 saturated carbocycles. The van der Waals surface area contributed by atoms with Crippen molar-refractivity contribution in [2.75, 3.05) is 5.73 Å². The van der Waals surface area contributed by atoms with Gasteiger partial charge in [0, 0.05) is 11.6 Å². The standard InChI is InChI=1S/C7H5N3O6/c8-5-3(10(15)16)1-2(6(11)12)4(9-5)7(13)14/h1H,(H2,8,9)(H,11,12)(H,13,14)/p-2. The van der Waals surface area contributed by atoms with Gasteiger partial charge in [0.25, 0.3) is 0 Å². The summed E-state index contributed by atoms with van der Waals surface area (Å²) < 4.78 is 0. The molecule has 16 heavy (non-hydrogen) atoms. The van der Waals surface area contributed by atoms with Crippen molar-refractivity contribution in [3.05, 3.63) is 27.4 Å². The van der Waals surface area contributed by atoms with Crippen molar-refractivity contribution >= 4 is 23.4 Å². The lowest BCUT2D eigenvalue weighted by atomic mass is 10.1. The van der Waals surface area contributed by atoms with Gasteiger partial charge in [0.1, 0.15) is 0 Å². The first kappa shape index (κ1) is 11.4. The van der Waals surface area contributed by atoms with Gasteiger partial charge in [-0.1, -0.05) is 0 Å². The van der Waals surface area contributed by atoms with Crippen LogP contribution in [-0.4, -0.2) is 21.8 Å². The summed E-state index contributed by atoms with van der Waals surface area (Å²) in [5, 5.41) is 31.4. The third-order valence-corrected chi connectivity index (χ3v) is 1.64. The number of aromatic carboxylic acids is 2. The lowest BCUT2D eigenvalue weighted by Gasteiger charge is -2.10. The van der Waals surface area contributed by atoms with Gasteiger partial charge in [-0.2, -0.15) is 0 Å². The van der Waals surface area contributed by atoms with E-state index in [4.69, 9.17) is 5.73 Å². The number of aromatic nitrogens is 1. The lowest BCUT2D eigenvalue weighted by Crippen LogP contribution is -2.31. The number of nitro groups is 1. The molecule has 0 saturated heterocycles. The van der Waals surface area contributed by atoms with E-state index in [-0.39, 0.29) is 0 Å². The Morgan fingerprint density at radius 3 is 2.25 bits per heavy atom. The highest BCUT2D eigenvalue weighted by molar-refractivity contribution is 5.99. The van der Waals surface area contributed by atoms with Crippen molar-refractivity contribution in [2.45, 2.75) is 0 Å². The first-order valence-electron chi connectivity index (χ1n) is 3.72. The summed E-state index contributed by atoms with van der Waals surface area (Å²) in [5.74, 6) is -4.55. The Morgan fingerprint density at radius 1 is 1.31 bits per heavy atom. The number of carbonyl (C=O) groups is 2. The average molecular weight is 225 g/mol. The van der Waals surface area contributed by atoms with Crippen molar-refractivity contribution in [1.29, 1.82) is 0 Å². The number of nitrogen functional groups attached to an aromatic ring is 1. The largest absolute Gasteiger partial charge is 0.545 e. The summed E-state index contributed by atoms with van der Waals surface area (Å²) in [6.45, 7) is 0. The third-order valence-electron chi connectivity index (χ3n) is 1.64. The molecule has 0 aliphatic carbocycles. The molecular formula is C7H3N3O6-2. The van der Waals surface area contributed by atoms with E-state index in [0.717, 1.165) is 0 Å². The molecule has 0 bridgehead atoms. The van der Waals surface area contributed by atoms with Crippen LogP contribution in [0.3, 0.4) is 0 Å². The topological polar surface area (TPSA) is 162 Å². The molecule has 0 fully saturated rings.